The molecule has 1 aromatic carbocycles. The second kappa shape index (κ2) is 8.40. The molecule has 2 fully saturated rings. The van der Waals surface area contributed by atoms with Crippen molar-refractivity contribution in [3.05, 3.63) is 59.8 Å². The molecule has 2 aliphatic rings. The molecule has 144 valence electrons. The standard InChI is InChI=1S/C21H26FN3OS/c22-16-8-6-15(7-9-16)14-25-18-3-1-4-19(25)12-17(11-18)24-21(27)23-13-20-5-2-10-26-20/h2,5-10,17-19H,1,3-4,11-14H2,(H2,23,24,27)/t17?,18-,19+. The smallest absolute Gasteiger partial charge is 0.166 e. The Hall–Kier alpha value is -1.92. The predicted molar refractivity (Wildman–Crippen MR) is 108 cm³/mol. The molecular weight excluding hydrogens is 361 g/mol. The molecule has 6 heteroatoms. The number of rotatable bonds is 5. The van der Waals surface area contributed by atoms with Crippen molar-refractivity contribution in [3.8, 4) is 0 Å². The Balaban J connectivity index is 1.32. The summed E-state index contributed by atoms with van der Waals surface area (Å²) in [5.74, 6) is 0.711. The van der Waals surface area contributed by atoms with E-state index in [0.717, 1.165) is 25.1 Å². The van der Waals surface area contributed by atoms with Gasteiger partial charge in [0.15, 0.2) is 5.11 Å². The quantitative estimate of drug-likeness (QED) is 0.760. The molecule has 27 heavy (non-hydrogen) atoms. The van der Waals surface area contributed by atoms with Gasteiger partial charge in [0.2, 0.25) is 0 Å². The fourth-order valence-corrected chi connectivity index (χ4v) is 4.71. The van der Waals surface area contributed by atoms with E-state index in [0.29, 0.717) is 29.8 Å². The number of nitrogens with zero attached hydrogens (tertiary/aromatic N) is 1. The first-order valence-electron chi connectivity index (χ1n) is 9.74. The highest BCUT2D eigenvalue weighted by Crippen LogP contribution is 2.35. The fraction of sp³-hybridized carbons (Fsp3) is 0.476. The molecular formula is C21H26FN3OS. The minimum Gasteiger partial charge on any atom is -0.467 e. The Kier molecular flexibility index (Phi) is 5.74. The van der Waals surface area contributed by atoms with Crippen LogP contribution in [0.25, 0.3) is 0 Å². The van der Waals surface area contributed by atoms with Crippen LogP contribution >= 0.6 is 12.2 Å². The van der Waals surface area contributed by atoms with Crippen LogP contribution in [0, 0.1) is 5.82 Å². The maximum atomic E-state index is 13.2. The predicted octanol–water partition coefficient (Wildman–Crippen LogP) is 3.97. The molecule has 2 aliphatic heterocycles. The van der Waals surface area contributed by atoms with E-state index in [-0.39, 0.29) is 5.82 Å². The Morgan fingerprint density at radius 2 is 1.89 bits per heavy atom. The minimum absolute atomic E-state index is 0.169. The molecule has 0 amide bonds. The Bertz CT molecular complexity index is 735. The summed E-state index contributed by atoms with van der Waals surface area (Å²) in [5.41, 5.74) is 1.19. The highest BCUT2D eigenvalue weighted by Gasteiger charge is 2.38. The van der Waals surface area contributed by atoms with Crippen molar-refractivity contribution in [2.75, 3.05) is 0 Å². The van der Waals surface area contributed by atoms with Crippen LogP contribution in [0.1, 0.15) is 43.4 Å². The van der Waals surface area contributed by atoms with Gasteiger partial charge in [-0.15, -0.1) is 0 Å². The van der Waals surface area contributed by atoms with E-state index in [4.69, 9.17) is 16.6 Å². The zero-order valence-electron chi connectivity index (χ0n) is 15.4. The summed E-state index contributed by atoms with van der Waals surface area (Å²) < 4.78 is 18.5. The molecule has 3 heterocycles. The molecule has 2 bridgehead atoms. The van der Waals surface area contributed by atoms with Gasteiger partial charge in [0.25, 0.3) is 0 Å². The second-order valence-electron chi connectivity index (χ2n) is 7.61. The largest absolute Gasteiger partial charge is 0.467 e. The maximum absolute atomic E-state index is 13.2. The molecule has 0 spiro atoms. The van der Waals surface area contributed by atoms with Crippen LogP contribution in [-0.2, 0) is 13.1 Å². The van der Waals surface area contributed by atoms with E-state index in [9.17, 15) is 4.39 Å². The molecule has 3 atom stereocenters. The normalized spacial score (nSPS) is 25.1. The third-order valence-corrected chi connectivity index (χ3v) is 6.01. The lowest BCUT2D eigenvalue weighted by Crippen LogP contribution is -2.57. The van der Waals surface area contributed by atoms with Gasteiger partial charge in [-0.3, -0.25) is 4.90 Å². The van der Waals surface area contributed by atoms with Crippen molar-refractivity contribution in [1.82, 2.24) is 15.5 Å². The summed E-state index contributed by atoms with van der Waals surface area (Å²) in [6.45, 7) is 1.51. The number of nitrogens with one attached hydrogen (secondary N) is 2. The highest BCUT2D eigenvalue weighted by atomic mass is 32.1. The monoisotopic (exact) mass is 387 g/mol. The van der Waals surface area contributed by atoms with Crippen molar-refractivity contribution in [2.45, 2.75) is 63.3 Å². The van der Waals surface area contributed by atoms with Crippen LogP contribution < -0.4 is 10.6 Å². The molecule has 2 N–H and O–H groups in total. The van der Waals surface area contributed by atoms with Gasteiger partial charge in [-0.05, 0) is 67.7 Å². The number of thiocarbonyl (C=S) groups is 1. The summed E-state index contributed by atoms with van der Waals surface area (Å²) in [4.78, 5) is 2.62. The van der Waals surface area contributed by atoms with E-state index in [1.165, 1.54) is 24.8 Å². The number of hydrogen-bond acceptors (Lipinski definition) is 3. The van der Waals surface area contributed by atoms with Crippen LogP contribution in [0.15, 0.2) is 47.1 Å². The number of piperidine rings is 2. The molecule has 1 unspecified atom stereocenters. The highest BCUT2D eigenvalue weighted by molar-refractivity contribution is 7.80. The van der Waals surface area contributed by atoms with Crippen LogP contribution in [0.2, 0.25) is 0 Å². The first kappa shape index (κ1) is 18.4. The van der Waals surface area contributed by atoms with Crippen molar-refractivity contribution in [1.29, 1.82) is 0 Å². The van der Waals surface area contributed by atoms with Gasteiger partial charge in [0.1, 0.15) is 11.6 Å². The van der Waals surface area contributed by atoms with Gasteiger partial charge in [0, 0.05) is 24.7 Å². The fourth-order valence-electron chi connectivity index (χ4n) is 4.47. The summed E-state index contributed by atoms with van der Waals surface area (Å²) in [6, 6.07) is 12.3. The third-order valence-electron chi connectivity index (χ3n) is 5.74. The van der Waals surface area contributed by atoms with E-state index >= 15 is 0 Å². The van der Waals surface area contributed by atoms with E-state index in [2.05, 4.69) is 15.5 Å². The number of hydrogen-bond donors (Lipinski definition) is 2. The summed E-state index contributed by atoms with van der Waals surface area (Å²) >= 11 is 5.47. The lowest BCUT2D eigenvalue weighted by Gasteiger charge is -2.49. The Morgan fingerprint density at radius 1 is 1.15 bits per heavy atom. The van der Waals surface area contributed by atoms with Gasteiger partial charge in [-0.1, -0.05) is 18.6 Å². The second-order valence-corrected chi connectivity index (χ2v) is 8.02. The zero-order chi connectivity index (χ0) is 18.6. The van der Waals surface area contributed by atoms with Crippen LogP contribution in [-0.4, -0.2) is 28.1 Å². The van der Waals surface area contributed by atoms with Gasteiger partial charge >= 0.3 is 0 Å². The lowest BCUT2D eigenvalue weighted by molar-refractivity contribution is 0.0210. The SMILES string of the molecule is Fc1ccc(CN2[C@@H]3CCC[C@H]2CC(NC(=S)NCc2ccco2)C3)cc1. The first-order valence-corrected chi connectivity index (χ1v) is 10.1. The first-order chi connectivity index (χ1) is 13.2. The average Bonchev–Trinajstić information content (AvgIpc) is 3.16. The number of fused-ring (bicyclic) bond motifs is 2. The minimum atomic E-state index is -0.169. The Labute approximate surface area is 165 Å². The lowest BCUT2D eigenvalue weighted by atomic mass is 9.81. The average molecular weight is 388 g/mol. The van der Waals surface area contributed by atoms with Crippen molar-refractivity contribution in [3.63, 3.8) is 0 Å². The van der Waals surface area contributed by atoms with E-state index in [1.54, 1.807) is 18.4 Å². The van der Waals surface area contributed by atoms with Crippen LogP contribution in [0.3, 0.4) is 0 Å². The van der Waals surface area contributed by atoms with E-state index < -0.39 is 0 Å². The molecule has 2 saturated heterocycles. The Morgan fingerprint density at radius 3 is 2.56 bits per heavy atom. The molecule has 4 rings (SSSR count). The van der Waals surface area contributed by atoms with Gasteiger partial charge in [-0.2, -0.15) is 0 Å². The summed E-state index contributed by atoms with van der Waals surface area (Å²) in [5, 5.41) is 7.43. The molecule has 0 saturated carbocycles. The van der Waals surface area contributed by atoms with Crippen molar-refractivity contribution < 1.29 is 8.81 Å². The van der Waals surface area contributed by atoms with Crippen molar-refractivity contribution in [2.24, 2.45) is 0 Å². The summed E-state index contributed by atoms with van der Waals surface area (Å²) in [6.07, 6.45) is 7.61. The third kappa shape index (κ3) is 4.68. The number of furan rings is 1. The maximum Gasteiger partial charge on any atom is 0.166 e. The van der Waals surface area contributed by atoms with Crippen LogP contribution in [0.4, 0.5) is 4.39 Å². The number of halogens is 1. The molecule has 2 aromatic rings. The van der Waals surface area contributed by atoms with E-state index in [1.807, 2.05) is 24.3 Å². The molecule has 0 aliphatic carbocycles. The topological polar surface area (TPSA) is 40.4 Å². The van der Waals surface area contributed by atoms with Crippen molar-refractivity contribution >= 4 is 17.3 Å². The molecule has 4 nitrogen and oxygen atoms in total. The zero-order valence-corrected chi connectivity index (χ0v) is 16.2. The van der Waals surface area contributed by atoms with Crippen LogP contribution in [0.5, 0.6) is 0 Å². The van der Waals surface area contributed by atoms with Gasteiger partial charge in [0.05, 0.1) is 12.8 Å². The van der Waals surface area contributed by atoms with Gasteiger partial charge in [-0.25, -0.2) is 4.39 Å². The van der Waals surface area contributed by atoms with Gasteiger partial charge < -0.3 is 15.1 Å². The number of benzene rings is 1. The molecule has 0 radical (unpaired) electrons. The summed E-state index contributed by atoms with van der Waals surface area (Å²) in [7, 11) is 0. The molecule has 1 aromatic heterocycles.